The molecule has 138 valence electrons. The van der Waals surface area contributed by atoms with Gasteiger partial charge in [-0.25, -0.2) is 13.2 Å². The molecule has 0 amide bonds. The molecule has 0 spiro atoms. The van der Waals surface area contributed by atoms with E-state index in [1.807, 2.05) is 12.1 Å². The van der Waals surface area contributed by atoms with Crippen LogP contribution in [0.2, 0.25) is 5.02 Å². The van der Waals surface area contributed by atoms with Crippen molar-refractivity contribution in [1.29, 1.82) is 0 Å². The lowest BCUT2D eigenvalue weighted by atomic mass is 10.1. The van der Waals surface area contributed by atoms with E-state index in [1.54, 1.807) is 43.3 Å². The third-order valence-electron chi connectivity index (χ3n) is 3.82. The lowest BCUT2D eigenvalue weighted by Crippen LogP contribution is -2.34. The van der Waals surface area contributed by atoms with Gasteiger partial charge in [-0.1, -0.05) is 35.9 Å². The van der Waals surface area contributed by atoms with Crippen molar-refractivity contribution in [3.63, 3.8) is 0 Å². The van der Waals surface area contributed by atoms with E-state index < -0.39 is 16.0 Å². The number of carboxylic acids is 1. The Labute approximate surface area is 158 Å². The molecule has 0 saturated heterocycles. The van der Waals surface area contributed by atoms with Crippen LogP contribution in [-0.2, 0) is 21.2 Å². The molecular weight excluding hydrogens is 374 g/mol. The second kappa shape index (κ2) is 8.87. The summed E-state index contributed by atoms with van der Waals surface area (Å²) in [6, 6.07) is 14.0. The monoisotopic (exact) mass is 393 g/mol. The molecule has 0 radical (unpaired) electrons. The number of aliphatic carboxylic acids is 1. The summed E-state index contributed by atoms with van der Waals surface area (Å²) in [5.74, 6) is -0.994. The van der Waals surface area contributed by atoms with Crippen LogP contribution in [0.5, 0.6) is 0 Å². The molecule has 26 heavy (non-hydrogen) atoms. The molecule has 5 nitrogen and oxygen atoms in total. The number of anilines is 1. The van der Waals surface area contributed by atoms with Crippen molar-refractivity contribution in [3.8, 4) is 0 Å². The van der Waals surface area contributed by atoms with Crippen molar-refractivity contribution in [2.24, 2.45) is 0 Å². The summed E-state index contributed by atoms with van der Waals surface area (Å²) in [7, 11) is -3.41. The van der Waals surface area contributed by atoms with Crippen molar-refractivity contribution < 1.29 is 18.3 Å². The number of carbonyl (C=O) groups is 1. The summed E-state index contributed by atoms with van der Waals surface area (Å²) in [5, 5.41) is 9.19. The zero-order chi connectivity index (χ0) is 19.2. The molecule has 2 aromatic carbocycles. The fourth-order valence-corrected chi connectivity index (χ4v) is 3.64. The number of sulfonamides is 1. The highest BCUT2D eigenvalue weighted by Crippen LogP contribution is 2.22. The van der Waals surface area contributed by atoms with E-state index in [-0.39, 0.29) is 5.75 Å². The van der Waals surface area contributed by atoms with Crippen LogP contribution < -0.4 is 4.31 Å². The number of hydrogen-bond acceptors (Lipinski definition) is 3. The van der Waals surface area contributed by atoms with Crippen molar-refractivity contribution in [3.05, 3.63) is 70.8 Å². The second-order valence-electron chi connectivity index (χ2n) is 5.61. The van der Waals surface area contributed by atoms with Gasteiger partial charge in [0, 0.05) is 17.6 Å². The first-order chi connectivity index (χ1) is 12.3. The standard InChI is InChI=1S/C19H20ClNO4S/c1-2-26(24,25)21(18-10-8-17(20)9-11-18)14-13-16-5-3-15(4-6-16)7-12-19(22)23/h3-12H,2,13-14H2,1H3,(H,22,23). The molecule has 0 unspecified atom stereocenters. The zero-order valence-corrected chi connectivity index (χ0v) is 15.9. The van der Waals surface area contributed by atoms with Crippen LogP contribution in [0.25, 0.3) is 6.08 Å². The molecule has 7 heteroatoms. The normalized spacial score (nSPS) is 11.6. The van der Waals surface area contributed by atoms with Crippen LogP contribution >= 0.6 is 11.6 Å². The van der Waals surface area contributed by atoms with Gasteiger partial charge in [0.2, 0.25) is 10.0 Å². The van der Waals surface area contributed by atoms with E-state index in [0.29, 0.717) is 23.7 Å². The molecular formula is C19H20ClNO4S. The Bertz CT molecular complexity index is 875. The number of hydrogen-bond donors (Lipinski definition) is 1. The molecule has 0 bridgehead atoms. The van der Waals surface area contributed by atoms with Gasteiger partial charge in [0.25, 0.3) is 0 Å². The quantitative estimate of drug-likeness (QED) is 0.691. The fraction of sp³-hybridized carbons (Fsp3) is 0.211. The van der Waals surface area contributed by atoms with E-state index in [1.165, 1.54) is 10.4 Å². The minimum absolute atomic E-state index is 0.00848. The smallest absolute Gasteiger partial charge is 0.328 e. The van der Waals surface area contributed by atoms with Crippen molar-refractivity contribution in [2.45, 2.75) is 13.3 Å². The van der Waals surface area contributed by atoms with Gasteiger partial charge in [0.15, 0.2) is 0 Å². The summed E-state index contributed by atoms with van der Waals surface area (Å²) in [4.78, 5) is 10.5. The highest BCUT2D eigenvalue weighted by atomic mass is 35.5. The first-order valence-corrected chi connectivity index (χ1v) is 10.1. The van der Waals surface area contributed by atoms with E-state index in [9.17, 15) is 13.2 Å². The van der Waals surface area contributed by atoms with E-state index in [2.05, 4.69) is 0 Å². The lowest BCUT2D eigenvalue weighted by molar-refractivity contribution is -0.131. The third-order valence-corrected chi connectivity index (χ3v) is 5.86. The molecule has 2 aromatic rings. The molecule has 0 atom stereocenters. The van der Waals surface area contributed by atoms with Crippen molar-refractivity contribution in [2.75, 3.05) is 16.6 Å². The largest absolute Gasteiger partial charge is 0.478 e. The van der Waals surface area contributed by atoms with Gasteiger partial charge in [-0.05, 0) is 54.8 Å². The number of nitrogens with zero attached hydrogens (tertiary/aromatic N) is 1. The lowest BCUT2D eigenvalue weighted by Gasteiger charge is -2.24. The predicted molar refractivity (Wildman–Crippen MR) is 105 cm³/mol. The van der Waals surface area contributed by atoms with E-state index >= 15 is 0 Å². The van der Waals surface area contributed by atoms with Crippen LogP contribution in [0.15, 0.2) is 54.6 Å². The minimum atomic E-state index is -3.41. The molecule has 2 rings (SSSR count). The van der Waals surface area contributed by atoms with Crippen LogP contribution in [0.4, 0.5) is 5.69 Å². The molecule has 0 heterocycles. The Hall–Kier alpha value is -2.31. The highest BCUT2D eigenvalue weighted by Gasteiger charge is 2.20. The van der Waals surface area contributed by atoms with Gasteiger partial charge in [0.05, 0.1) is 11.4 Å². The topological polar surface area (TPSA) is 74.7 Å². The number of rotatable bonds is 8. The van der Waals surface area contributed by atoms with Crippen LogP contribution in [0.1, 0.15) is 18.1 Å². The average molecular weight is 394 g/mol. The summed E-state index contributed by atoms with van der Waals surface area (Å²) in [6.45, 7) is 1.92. The molecule has 0 aromatic heterocycles. The maximum Gasteiger partial charge on any atom is 0.328 e. The molecule has 0 aliphatic carbocycles. The van der Waals surface area contributed by atoms with E-state index in [4.69, 9.17) is 16.7 Å². The Balaban J connectivity index is 2.14. The van der Waals surface area contributed by atoms with Gasteiger partial charge < -0.3 is 5.11 Å². The molecule has 0 saturated carbocycles. The SMILES string of the molecule is CCS(=O)(=O)N(CCc1ccc(C=CC(=O)O)cc1)c1ccc(Cl)cc1. The summed E-state index contributed by atoms with van der Waals surface area (Å²) >= 11 is 5.89. The Morgan fingerprint density at radius 3 is 2.27 bits per heavy atom. The van der Waals surface area contributed by atoms with Gasteiger partial charge in [0.1, 0.15) is 0 Å². The average Bonchev–Trinajstić information content (AvgIpc) is 2.62. The number of benzene rings is 2. The molecule has 0 aliphatic rings. The first-order valence-electron chi connectivity index (χ1n) is 8.08. The Kier molecular flexibility index (Phi) is 6.83. The summed E-state index contributed by atoms with van der Waals surface area (Å²) < 4.78 is 26.3. The predicted octanol–water partition coefficient (Wildman–Crippen LogP) is 3.84. The van der Waals surface area contributed by atoms with Crippen molar-refractivity contribution in [1.82, 2.24) is 0 Å². The molecule has 0 fully saturated rings. The third kappa shape index (κ3) is 5.61. The zero-order valence-electron chi connectivity index (χ0n) is 14.3. The maximum atomic E-state index is 12.4. The van der Waals surface area contributed by atoms with Crippen molar-refractivity contribution >= 4 is 39.4 Å². The van der Waals surface area contributed by atoms with Gasteiger partial charge >= 0.3 is 5.97 Å². The van der Waals surface area contributed by atoms with Gasteiger partial charge in [-0.2, -0.15) is 0 Å². The fourth-order valence-electron chi connectivity index (χ4n) is 2.39. The van der Waals surface area contributed by atoms with Crippen LogP contribution in [0.3, 0.4) is 0 Å². The summed E-state index contributed by atoms with van der Waals surface area (Å²) in [6.07, 6.45) is 3.11. The van der Waals surface area contributed by atoms with E-state index in [0.717, 1.165) is 17.2 Å². The van der Waals surface area contributed by atoms with Crippen LogP contribution in [-0.4, -0.2) is 31.8 Å². The first kappa shape index (κ1) is 20.0. The van der Waals surface area contributed by atoms with Crippen LogP contribution in [0, 0.1) is 0 Å². The number of halogens is 1. The van der Waals surface area contributed by atoms with Gasteiger partial charge in [-0.15, -0.1) is 0 Å². The van der Waals surface area contributed by atoms with Gasteiger partial charge in [-0.3, -0.25) is 4.31 Å². The Morgan fingerprint density at radius 1 is 1.12 bits per heavy atom. The molecule has 0 aliphatic heterocycles. The Morgan fingerprint density at radius 2 is 1.73 bits per heavy atom. The molecule has 1 N–H and O–H groups in total. The summed E-state index contributed by atoms with van der Waals surface area (Å²) in [5.41, 5.74) is 2.31. The maximum absolute atomic E-state index is 12.4. The number of carboxylic acid groups (broad SMARTS) is 1. The second-order valence-corrected chi connectivity index (χ2v) is 8.23. The highest BCUT2D eigenvalue weighted by molar-refractivity contribution is 7.92. The minimum Gasteiger partial charge on any atom is -0.478 e.